The van der Waals surface area contributed by atoms with Gasteiger partial charge in [0.1, 0.15) is 11.0 Å². The normalized spacial score (nSPS) is 17.2. The predicted octanol–water partition coefficient (Wildman–Crippen LogP) is 4.80. The summed E-state index contributed by atoms with van der Waals surface area (Å²) in [5.41, 5.74) is 3.18. The number of aromatic nitrogens is 3. The zero-order chi connectivity index (χ0) is 20.0. The quantitative estimate of drug-likeness (QED) is 0.431. The van der Waals surface area contributed by atoms with E-state index in [9.17, 15) is 9.18 Å². The second kappa shape index (κ2) is 7.10. The Morgan fingerprint density at radius 3 is 2.69 bits per heavy atom. The predicted molar refractivity (Wildman–Crippen MR) is 111 cm³/mol. The summed E-state index contributed by atoms with van der Waals surface area (Å²) in [6.45, 7) is 0.668. The highest BCUT2D eigenvalue weighted by Gasteiger charge is 2.54. The van der Waals surface area contributed by atoms with Gasteiger partial charge in [0.25, 0.3) is 0 Å². The molecular weight excluding hydrogens is 391 g/mol. The van der Waals surface area contributed by atoms with E-state index in [-0.39, 0.29) is 18.0 Å². The molecule has 0 N–H and O–H groups in total. The molecule has 5 nitrogen and oxygen atoms in total. The molecule has 3 heterocycles. The maximum absolute atomic E-state index is 13.4. The molecule has 3 aromatic rings. The SMILES string of the molecule is O=C1N(Cc2nc3nc(Cl)ccc3n2CCCCF)c2ccccc2C12CCC2. The Labute approximate surface area is 173 Å². The van der Waals surface area contributed by atoms with Gasteiger partial charge in [-0.15, -0.1) is 0 Å². The molecule has 0 atom stereocenters. The summed E-state index contributed by atoms with van der Waals surface area (Å²) in [5.74, 6) is 0.923. The van der Waals surface area contributed by atoms with Gasteiger partial charge in [-0.2, -0.15) is 0 Å². The Bertz CT molecular complexity index is 1090. The van der Waals surface area contributed by atoms with Crippen molar-refractivity contribution >= 4 is 34.4 Å². The van der Waals surface area contributed by atoms with E-state index < -0.39 is 0 Å². The van der Waals surface area contributed by atoms with Crippen molar-refractivity contribution in [2.45, 2.75) is 50.6 Å². The van der Waals surface area contributed by atoms with Crippen LogP contribution >= 0.6 is 11.6 Å². The Kier molecular flexibility index (Phi) is 4.54. The van der Waals surface area contributed by atoms with Gasteiger partial charge in [0.05, 0.1) is 24.2 Å². The third-order valence-corrected chi connectivity index (χ3v) is 6.51. The Morgan fingerprint density at radius 2 is 1.93 bits per heavy atom. The number of anilines is 1. The molecule has 150 valence electrons. The van der Waals surface area contributed by atoms with E-state index in [2.05, 4.69) is 15.6 Å². The molecule has 1 aliphatic heterocycles. The number of halogens is 2. The van der Waals surface area contributed by atoms with E-state index in [0.29, 0.717) is 36.7 Å². The minimum atomic E-state index is -0.358. The van der Waals surface area contributed by atoms with Gasteiger partial charge in [0.2, 0.25) is 5.91 Å². The average molecular weight is 413 g/mol. The maximum Gasteiger partial charge on any atom is 0.238 e. The van der Waals surface area contributed by atoms with Crippen molar-refractivity contribution in [1.29, 1.82) is 0 Å². The lowest BCUT2D eigenvalue weighted by molar-refractivity contribution is -0.126. The van der Waals surface area contributed by atoms with E-state index >= 15 is 0 Å². The summed E-state index contributed by atoms with van der Waals surface area (Å²) >= 11 is 6.06. The number of nitrogens with zero attached hydrogens (tertiary/aromatic N) is 4. The number of benzene rings is 1. The van der Waals surface area contributed by atoms with Gasteiger partial charge in [-0.3, -0.25) is 9.18 Å². The van der Waals surface area contributed by atoms with Crippen molar-refractivity contribution in [2.75, 3.05) is 11.6 Å². The van der Waals surface area contributed by atoms with Crippen molar-refractivity contribution < 1.29 is 9.18 Å². The Hall–Kier alpha value is -2.47. The summed E-state index contributed by atoms with van der Waals surface area (Å²) in [4.78, 5) is 24.3. The molecule has 1 fully saturated rings. The summed E-state index contributed by atoms with van der Waals surface area (Å²) in [6, 6.07) is 11.7. The largest absolute Gasteiger partial charge is 0.325 e. The molecule has 0 bridgehead atoms. The Balaban J connectivity index is 1.55. The lowest BCUT2D eigenvalue weighted by atomic mass is 9.65. The fraction of sp³-hybridized carbons (Fsp3) is 0.409. The molecule has 1 aliphatic carbocycles. The van der Waals surface area contributed by atoms with Crippen LogP contribution in [0.15, 0.2) is 36.4 Å². The number of rotatable bonds is 6. The number of aryl methyl sites for hydroxylation is 1. The maximum atomic E-state index is 13.4. The number of imidazole rings is 1. The molecular formula is C22H22ClFN4O. The van der Waals surface area contributed by atoms with Crippen LogP contribution in [0.1, 0.15) is 43.5 Å². The minimum absolute atomic E-state index is 0.165. The van der Waals surface area contributed by atoms with Crippen LogP contribution in [0.2, 0.25) is 5.15 Å². The first-order valence-electron chi connectivity index (χ1n) is 10.1. The first kappa shape index (κ1) is 18.6. The third-order valence-electron chi connectivity index (χ3n) is 6.29. The molecule has 0 radical (unpaired) electrons. The molecule has 1 aromatic carbocycles. The number of fused-ring (bicyclic) bond motifs is 3. The molecule has 0 unspecified atom stereocenters. The molecule has 2 aliphatic rings. The number of pyridine rings is 1. The van der Waals surface area contributed by atoms with E-state index in [0.717, 1.165) is 41.9 Å². The molecule has 1 amide bonds. The fourth-order valence-electron chi connectivity index (χ4n) is 4.68. The van der Waals surface area contributed by atoms with Gasteiger partial charge >= 0.3 is 0 Å². The van der Waals surface area contributed by atoms with E-state index in [1.807, 2.05) is 29.2 Å². The van der Waals surface area contributed by atoms with Crippen LogP contribution in [0.25, 0.3) is 11.2 Å². The number of carbonyl (C=O) groups is 1. The minimum Gasteiger partial charge on any atom is -0.325 e. The van der Waals surface area contributed by atoms with Gasteiger partial charge in [-0.25, -0.2) is 9.97 Å². The van der Waals surface area contributed by atoms with Crippen LogP contribution in [0.3, 0.4) is 0 Å². The van der Waals surface area contributed by atoms with Crippen LogP contribution in [0, 0.1) is 0 Å². The first-order chi connectivity index (χ1) is 14.1. The van der Waals surface area contributed by atoms with E-state index in [1.165, 1.54) is 0 Å². The van der Waals surface area contributed by atoms with Crippen LogP contribution in [0.4, 0.5) is 10.1 Å². The van der Waals surface area contributed by atoms with Crippen molar-refractivity contribution in [3.05, 3.63) is 52.9 Å². The molecule has 0 saturated heterocycles. The number of alkyl halides is 1. The number of hydrogen-bond donors (Lipinski definition) is 0. The summed E-state index contributed by atoms with van der Waals surface area (Å²) in [5, 5.41) is 0.383. The average Bonchev–Trinajstić information content (AvgIpc) is 3.14. The van der Waals surface area contributed by atoms with Gasteiger partial charge in [0.15, 0.2) is 5.65 Å². The first-order valence-corrected chi connectivity index (χ1v) is 10.5. The highest BCUT2D eigenvalue weighted by Crippen LogP contribution is 2.53. The lowest BCUT2D eigenvalue weighted by Crippen LogP contribution is -2.45. The van der Waals surface area contributed by atoms with Crippen molar-refractivity contribution in [2.24, 2.45) is 0 Å². The Morgan fingerprint density at radius 1 is 1.10 bits per heavy atom. The molecule has 2 aromatic heterocycles. The second-order valence-electron chi connectivity index (χ2n) is 7.90. The molecule has 7 heteroatoms. The lowest BCUT2D eigenvalue weighted by Gasteiger charge is -2.37. The van der Waals surface area contributed by atoms with Gasteiger partial charge in [-0.05, 0) is 49.4 Å². The highest BCUT2D eigenvalue weighted by atomic mass is 35.5. The topological polar surface area (TPSA) is 51.0 Å². The number of amides is 1. The van der Waals surface area contributed by atoms with Crippen LogP contribution in [-0.4, -0.2) is 27.1 Å². The number of carbonyl (C=O) groups excluding carboxylic acids is 1. The van der Waals surface area contributed by atoms with Gasteiger partial charge in [-0.1, -0.05) is 36.2 Å². The standard InChI is InChI=1S/C22H22ClFN4O/c23-18-9-8-17-20(25-18)26-19(27(17)13-4-3-12-24)14-28-16-7-2-1-6-15(16)22(21(28)29)10-5-11-22/h1-2,6-9H,3-5,10-14H2. The smallest absolute Gasteiger partial charge is 0.238 e. The molecule has 1 spiro atoms. The van der Waals surface area contributed by atoms with Gasteiger partial charge < -0.3 is 9.47 Å². The summed E-state index contributed by atoms with van der Waals surface area (Å²) in [6.07, 6.45) is 4.09. The van der Waals surface area contributed by atoms with Crippen LogP contribution in [-0.2, 0) is 23.3 Å². The molecule has 29 heavy (non-hydrogen) atoms. The second-order valence-corrected chi connectivity index (χ2v) is 8.28. The zero-order valence-corrected chi connectivity index (χ0v) is 16.8. The monoisotopic (exact) mass is 412 g/mol. The summed E-state index contributed by atoms with van der Waals surface area (Å²) < 4.78 is 14.7. The van der Waals surface area contributed by atoms with Crippen LogP contribution < -0.4 is 4.90 Å². The number of unbranched alkanes of at least 4 members (excludes halogenated alkanes) is 1. The summed E-state index contributed by atoms with van der Waals surface area (Å²) in [7, 11) is 0. The van der Waals surface area contributed by atoms with Crippen molar-refractivity contribution in [3.8, 4) is 0 Å². The van der Waals surface area contributed by atoms with Crippen LogP contribution in [0.5, 0.6) is 0 Å². The molecule has 1 saturated carbocycles. The van der Waals surface area contributed by atoms with E-state index in [4.69, 9.17) is 16.6 Å². The fourth-order valence-corrected chi connectivity index (χ4v) is 4.82. The van der Waals surface area contributed by atoms with Crippen molar-refractivity contribution in [3.63, 3.8) is 0 Å². The molecule has 5 rings (SSSR count). The zero-order valence-electron chi connectivity index (χ0n) is 16.1. The third kappa shape index (κ3) is 2.84. The van der Waals surface area contributed by atoms with Gasteiger partial charge in [0, 0.05) is 12.2 Å². The van der Waals surface area contributed by atoms with E-state index in [1.54, 1.807) is 6.07 Å². The highest BCUT2D eigenvalue weighted by molar-refractivity contribution is 6.29. The number of hydrogen-bond acceptors (Lipinski definition) is 3. The van der Waals surface area contributed by atoms with Crippen molar-refractivity contribution in [1.82, 2.24) is 14.5 Å². The number of para-hydroxylation sites is 1.